The Morgan fingerprint density at radius 1 is 1.33 bits per heavy atom. The number of rotatable bonds is 2. The van der Waals surface area contributed by atoms with E-state index < -0.39 is 5.82 Å². The number of nitrogens with zero attached hydrogens (tertiary/aromatic N) is 2. The van der Waals surface area contributed by atoms with Crippen molar-refractivity contribution in [2.75, 3.05) is 33.4 Å². The summed E-state index contributed by atoms with van der Waals surface area (Å²) < 4.78 is 25.0. The van der Waals surface area contributed by atoms with E-state index in [1.165, 1.54) is 26.2 Å². The molecule has 0 aromatic heterocycles. The zero-order valence-electron chi connectivity index (χ0n) is 13.8. The number of hydrogen-bond donors (Lipinski definition) is 0. The lowest BCUT2D eigenvalue weighted by Crippen LogP contribution is -2.61. The van der Waals surface area contributed by atoms with Gasteiger partial charge in [0.2, 0.25) is 5.91 Å². The van der Waals surface area contributed by atoms with Crippen molar-refractivity contribution in [2.45, 2.75) is 25.5 Å². The maximum absolute atomic E-state index is 14.4. The van der Waals surface area contributed by atoms with Crippen LogP contribution in [0.3, 0.4) is 0 Å². The monoisotopic (exact) mass is 336 g/mol. The number of morpholine rings is 1. The van der Waals surface area contributed by atoms with E-state index in [2.05, 4.69) is 0 Å². The molecular weight excluding hydrogens is 315 g/mol. The first-order valence-electron chi connectivity index (χ1n) is 8.03. The van der Waals surface area contributed by atoms with E-state index in [-0.39, 0.29) is 35.3 Å². The van der Waals surface area contributed by atoms with Gasteiger partial charge in [0.05, 0.1) is 31.4 Å². The number of piperidine rings is 1. The zero-order valence-corrected chi connectivity index (χ0v) is 13.8. The fourth-order valence-corrected chi connectivity index (χ4v) is 3.45. The highest BCUT2D eigenvalue weighted by Crippen LogP contribution is 2.26. The molecule has 3 rings (SSSR count). The van der Waals surface area contributed by atoms with Gasteiger partial charge in [-0.3, -0.25) is 9.59 Å². The van der Waals surface area contributed by atoms with Gasteiger partial charge in [0.15, 0.2) is 11.6 Å². The Morgan fingerprint density at radius 3 is 2.83 bits per heavy atom. The van der Waals surface area contributed by atoms with Gasteiger partial charge in [0.1, 0.15) is 0 Å². The predicted octanol–water partition coefficient (Wildman–Crippen LogP) is 1.30. The number of carbonyl (C=O) groups is 2. The van der Waals surface area contributed by atoms with E-state index in [1.54, 1.807) is 15.9 Å². The molecule has 2 heterocycles. The lowest BCUT2D eigenvalue weighted by atomic mass is 9.97. The Kier molecular flexibility index (Phi) is 4.71. The summed E-state index contributed by atoms with van der Waals surface area (Å²) in [7, 11) is 1.36. The summed E-state index contributed by atoms with van der Waals surface area (Å²) >= 11 is 0. The number of methoxy groups -OCH3 is 1. The highest BCUT2D eigenvalue weighted by molar-refractivity contribution is 5.95. The van der Waals surface area contributed by atoms with Gasteiger partial charge in [0, 0.05) is 26.6 Å². The van der Waals surface area contributed by atoms with Crippen molar-refractivity contribution in [3.8, 4) is 5.75 Å². The number of hydrogen-bond acceptors (Lipinski definition) is 4. The van der Waals surface area contributed by atoms with E-state index in [9.17, 15) is 14.0 Å². The average molecular weight is 336 g/mol. The van der Waals surface area contributed by atoms with Crippen molar-refractivity contribution in [1.29, 1.82) is 0 Å². The standard InChI is InChI=1S/C17H21FN2O4/c1-11(21)20-8-9-24-14-6-7-19(10-13(14)20)17(22)12-4-3-5-15(23-2)16(12)18/h3-5,13-14H,6-10H2,1-2H3. The molecule has 0 bridgehead atoms. The van der Waals surface area contributed by atoms with Crippen LogP contribution in [0.25, 0.3) is 0 Å². The van der Waals surface area contributed by atoms with Crippen molar-refractivity contribution in [1.82, 2.24) is 9.80 Å². The van der Waals surface area contributed by atoms with E-state index in [0.717, 1.165) is 0 Å². The third-order valence-corrected chi connectivity index (χ3v) is 4.69. The van der Waals surface area contributed by atoms with Gasteiger partial charge in [-0.2, -0.15) is 0 Å². The van der Waals surface area contributed by atoms with Gasteiger partial charge >= 0.3 is 0 Å². The summed E-state index contributed by atoms with van der Waals surface area (Å²) in [6.07, 6.45) is 0.563. The normalized spacial score (nSPS) is 23.6. The molecule has 6 nitrogen and oxygen atoms in total. The molecule has 1 aromatic rings. The molecule has 2 unspecified atom stereocenters. The molecule has 7 heteroatoms. The van der Waals surface area contributed by atoms with Crippen LogP contribution in [0, 0.1) is 5.82 Å². The second kappa shape index (κ2) is 6.76. The van der Waals surface area contributed by atoms with Crippen LogP contribution in [-0.4, -0.2) is 67.1 Å². The van der Waals surface area contributed by atoms with Crippen LogP contribution in [0.1, 0.15) is 23.7 Å². The summed E-state index contributed by atoms with van der Waals surface area (Å²) in [4.78, 5) is 27.9. The quantitative estimate of drug-likeness (QED) is 0.817. The molecule has 2 aliphatic heterocycles. The predicted molar refractivity (Wildman–Crippen MR) is 84.4 cm³/mol. The van der Waals surface area contributed by atoms with E-state index in [1.807, 2.05) is 0 Å². The van der Waals surface area contributed by atoms with Gasteiger partial charge in [-0.1, -0.05) is 6.07 Å². The maximum Gasteiger partial charge on any atom is 0.257 e. The molecule has 24 heavy (non-hydrogen) atoms. The molecule has 2 aliphatic rings. The smallest absolute Gasteiger partial charge is 0.257 e. The van der Waals surface area contributed by atoms with Gasteiger partial charge in [0.25, 0.3) is 5.91 Å². The van der Waals surface area contributed by atoms with Crippen LogP contribution < -0.4 is 4.74 Å². The summed E-state index contributed by atoms with van der Waals surface area (Å²) in [5.41, 5.74) is -0.0149. The van der Waals surface area contributed by atoms with E-state index >= 15 is 0 Å². The Hall–Kier alpha value is -2.15. The van der Waals surface area contributed by atoms with Crippen LogP contribution in [0.2, 0.25) is 0 Å². The number of halogens is 1. The number of amides is 2. The molecule has 0 saturated carbocycles. The Bertz CT molecular complexity index is 651. The van der Waals surface area contributed by atoms with Crippen LogP contribution >= 0.6 is 0 Å². The number of fused-ring (bicyclic) bond motifs is 1. The third-order valence-electron chi connectivity index (χ3n) is 4.69. The molecule has 0 radical (unpaired) electrons. The molecule has 1 aromatic carbocycles. The second-order valence-electron chi connectivity index (χ2n) is 6.05. The first-order valence-corrected chi connectivity index (χ1v) is 8.03. The molecule has 2 fully saturated rings. The molecule has 130 valence electrons. The highest BCUT2D eigenvalue weighted by Gasteiger charge is 2.40. The summed E-state index contributed by atoms with van der Waals surface area (Å²) in [6.45, 7) is 3.37. The minimum absolute atomic E-state index is 0.0149. The number of benzene rings is 1. The van der Waals surface area contributed by atoms with Crippen molar-refractivity contribution in [2.24, 2.45) is 0 Å². The van der Waals surface area contributed by atoms with Crippen molar-refractivity contribution in [3.05, 3.63) is 29.6 Å². The van der Waals surface area contributed by atoms with Gasteiger partial charge in [-0.15, -0.1) is 0 Å². The van der Waals surface area contributed by atoms with Crippen LogP contribution in [0.15, 0.2) is 18.2 Å². The number of likely N-dealkylation sites (tertiary alicyclic amines) is 1. The SMILES string of the molecule is COc1cccc(C(=O)N2CCC3OCCN(C(C)=O)C3C2)c1F. The van der Waals surface area contributed by atoms with Crippen molar-refractivity contribution < 1.29 is 23.5 Å². The summed E-state index contributed by atoms with van der Waals surface area (Å²) in [6, 6.07) is 4.34. The molecule has 2 amide bonds. The first kappa shape index (κ1) is 16.7. The van der Waals surface area contributed by atoms with Crippen LogP contribution in [0.4, 0.5) is 4.39 Å². The van der Waals surface area contributed by atoms with E-state index in [0.29, 0.717) is 32.7 Å². The fraction of sp³-hybridized carbons (Fsp3) is 0.529. The molecule has 0 aliphatic carbocycles. The van der Waals surface area contributed by atoms with Gasteiger partial charge in [-0.05, 0) is 18.6 Å². The van der Waals surface area contributed by atoms with Gasteiger partial charge < -0.3 is 19.3 Å². The number of carbonyl (C=O) groups excluding carboxylic acids is 2. The average Bonchev–Trinajstić information content (AvgIpc) is 2.60. The maximum atomic E-state index is 14.4. The minimum Gasteiger partial charge on any atom is -0.494 e. The lowest BCUT2D eigenvalue weighted by molar-refractivity contribution is -0.149. The van der Waals surface area contributed by atoms with Crippen molar-refractivity contribution >= 4 is 11.8 Å². The Balaban J connectivity index is 1.80. The summed E-state index contributed by atoms with van der Waals surface area (Å²) in [5, 5.41) is 0. The number of ether oxygens (including phenoxy) is 2. The molecule has 2 saturated heterocycles. The topological polar surface area (TPSA) is 59.1 Å². The Labute approximate surface area is 140 Å². The summed E-state index contributed by atoms with van der Waals surface area (Å²) in [5.74, 6) is -1.04. The molecule has 2 atom stereocenters. The lowest BCUT2D eigenvalue weighted by Gasteiger charge is -2.46. The largest absolute Gasteiger partial charge is 0.494 e. The zero-order chi connectivity index (χ0) is 17.3. The van der Waals surface area contributed by atoms with Crippen LogP contribution in [-0.2, 0) is 9.53 Å². The highest BCUT2D eigenvalue weighted by atomic mass is 19.1. The minimum atomic E-state index is -0.657. The van der Waals surface area contributed by atoms with Gasteiger partial charge in [-0.25, -0.2) is 4.39 Å². The second-order valence-corrected chi connectivity index (χ2v) is 6.05. The Morgan fingerprint density at radius 2 is 2.12 bits per heavy atom. The van der Waals surface area contributed by atoms with Crippen molar-refractivity contribution in [3.63, 3.8) is 0 Å². The first-order chi connectivity index (χ1) is 11.5. The van der Waals surface area contributed by atoms with E-state index in [4.69, 9.17) is 9.47 Å². The fourth-order valence-electron chi connectivity index (χ4n) is 3.45. The third kappa shape index (κ3) is 2.96. The van der Waals surface area contributed by atoms with Crippen LogP contribution in [0.5, 0.6) is 5.75 Å². The molecular formula is C17H21FN2O4. The molecule has 0 N–H and O–H groups in total. The molecule has 0 spiro atoms.